The Morgan fingerprint density at radius 1 is 0.947 bits per heavy atom. The summed E-state index contributed by atoms with van der Waals surface area (Å²) < 4.78 is 16.5. The molecule has 4 rings (SSSR count). The van der Waals surface area contributed by atoms with Crippen LogP contribution in [0.3, 0.4) is 0 Å². The van der Waals surface area contributed by atoms with Gasteiger partial charge in [0, 0.05) is 31.2 Å². The standard InChI is InChI=1S/C32H38N2O4/c1-24(18-25-12-7-5-8-13-25)21-34(23-28-16-11-17-33(28)22-26-14-9-6-10-15-26)32(35)27-19-29(36-2)31(38-4)30(20-27)37-3/h5-10,12-15,18-20,28H,11,16-17,21-23H2,1-4H3/b24-18+/t28-/m0/s1. The molecule has 1 fully saturated rings. The second-order valence-corrected chi connectivity index (χ2v) is 9.75. The Labute approximate surface area is 226 Å². The van der Waals surface area contributed by atoms with Crippen LogP contribution in [0.5, 0.6) is 17.2 Å². The summed E-state index contributed by atoms with van der Waals surface area (Å²) in [6, 6.07) is 24.5. The average Bonchev–Trinajstić information content (AvgIpc) is 3.38. The summed E-state index contributed by atoms with van der Waals surface area (Å²) in [5.41, 5.74) is 4.04. The van der Waals surface area contributed by atoms with Crippen LogP contribution in [0, 0.1) is 0 Å². The van der Waals surface area contributed by atoms with Gasteiger partial charge in [-0.25, -0.2) is 0 Å². The van der Waals surface area contributed by atoms with Crippen molar-refractivity contribution in [1.82, 2.24) is 9.80 Å². The zero-order valence-corrected chi connectivity index (χ0v) is 22.9. The molecule has 0 bridgehead atoms. The minimum Gasteiger partial charge on any atom is -0.493 e. The molecule has 0 spiro atoms. The van der Waals surface area contributed by atoms with Gasteiger partial charge in [0.1, 0.15) is 0 Å². The Kier molecular flexibility index (Phi) is 9.44. The Morgan fingerprint density at radius 3 is 2.18 bits per heavy atom. The summed E-state index contributed by atoms with van der Waals surface area (Å²) >= 11 is 0. The third-order valence-corrected chi connectivity index (χ3v) is 7.01. The smallest absolute Gasteiger partial charge is 0.254 e. The van der Waals surface area contributed by atoms with Gasteiger partial charge in [-0.05, 0) is 49.6 Å². The van der Waals surface area contributed by atoms with E-state index in [1.165, 1.54) is 5.56 Å². The van der Waals surface area contributed by atoms with Crippen molar-refractivity contribution < 1.29 is 19.0 Å². The van der Waals surface area contributed by atoms with Crippen LogP contribution in [0.15, 0.2) is 78.4 Å². The molecule has 6 nitrogen and oxygen atoms in total. The summed E-state index contributed by atoms with van der Waals surface area (Å²) in [5, 5.41) is 0. The van der Waals surface area contributed by atoms with Gasteiger partial charge in [-0.15, -0.1) is 0 Å². The predicted molar refractivity (Wildman–Crippen MR) is 152 cm³/mol. The zero-order valence-electron chi connectivity index (χ0n) is 22.9. The molecule has 6 heteroatoms. The zero-order chi connectivity index (χ0) is 26.9. The van der Waals surface area contributed by atoms with E-state index in [4.69, 9.17) is 14.2 Å². The molecule has 1 saturated heterocycles. The second-order valence-electron chi connectivity index (χ2n) is 9.75. The number of benzene rings is 3. The molecular formula is C32H38N2O4. The van der Waals surface area contributed by atoms with Crippen molar-refractivity contribution in [2.45, 2.75) is 32.4 Å². The van der Waals surface area contributed by atoms with Crippen LogP contribution in [0.4, 0.5) is 0 Å². The summed E-state index contributed by atoms with van der Waals surface area (Å²) in [6.07, 6.45) is 4.34. The molecule has 1 aliphatic heterocycles. The largest absolute Gasteiger partial charge is 0.493 e. The molecule has 3 aromatic carbocycles. The van der Waals surface area contributed by atoms with Crippen molar-refractivity contribution in [2.24, 2.45) is 0 Å². The minimum absolute atomic E-state index is 0.0587. The van der Waals surface area contributed by atoms with Gasteiger partial charge in [0.25, 0.3) is 5.91 Å². The van der Waals surface area contributed by atoms with Gasteiger partial charge in [-0.2, -0.15) is 0 Å². The monoisotopic (exact) mass is 514 g/mol. The number of nitrogens with zero attached hydrogens (tertiary/aromatic N) is 2. The van der Waals surface area contributed by atoms with Crippen LogP contribution in [0.1, 0.15) is 41.3 Å². The number of carbonyl (C=O) groups excluding carboxylic acids is 1. The topological polar surface area (TPSA) is 51.2 Å². The van der Waals surface area contributed by atoms with Crippen molar-refractivity contribution >= 4 is 12.0 Å². The van der Waals surface area contributed by atoms with E-state index in [1.54, 1.807) is 33.5 Å². The van der Waals surface area contributed by atoms with Crippen LogP contribution in [-0.2, 0) is 6.54 Å². The Bertz CT molecular complexity index is 1200. The minimum atomic E-state index is -0.0587. The van der Waals surface area contributed by atoms with E-state index in [-0.39, 0.29) is 11.9 Å². The maximum absolute atomic E-state index is 14.0. The van der Waals surface area contributed by atoms with Gasteiger partial charge in [-0.3, -0.25) is 9.69 Å². The van der Waals surface area contributed by atoms with Crippen LogP contribution in [0.2, 0.25) is 0 Å². The lowest BCUT2D eigenvalue weighted by molar-refractivity contribution is 0.0718. The number of methoxy groups -OCH3 is 3. The van der Waals surface area contributed by atoms with E-state index in [0.717, 1.165) is 37.1 Å². The average molecular weight is 515 g/mol. The number of hydrogen-bond donors (Lipinski definition) is 0. The molecule has 38 heavy (non-hydrogen) atoms. The van der Waals surface area contributed by atoms with E-state index in [0.29, 0.717) is 35.9 Å². The van der Waals surface area contributed by atoms with Crippen molar-refractivity contribution in [3.8, 4) is 17.2 Å². The summed E-state index contributed by atoms with van der Waals surface area (Å²) in [6.45, 7) is 5.17. The number of rotatable bonds is 11. The van der Waals surface area contributed by atoms with E-state index in [9.17, 15) is 4.79 Å². The molecule has 1 heterocycles. The summed E-state index contributed by atoms with van der Waals surface area (Å²) in [7, 11) is 4.69. The lowest BCUT2D eigenvalue weighted by Gasteiger charge is -2.31. The number of amides is 1. The SMILES string of the molecule is COc1cc(C(=O)N(C/C(C)=C/c2ccccc2)C[C@@H]2CCCN2Cc2ccccc2)cc(OC)c1OC. The number of likely N-dealkylation sites (tertiary alicyclic amines) is 1. The fourth-order valence-electron chi connectivity index (χ4n) is 5.17. The van der Waals surface area contributed by atoms with Crippen LogP contribution < -0.4 is 14.2 Å². The van der Waals surface area contributed by atoms with E-state index < -0.39 is 0 Å². The van der Waals surface area contributed by atoms with Crippen molar-refractivity contribution in [3.63, 3.8) is 0 Å². The van der Waals surface area contributed by atoms with E-state index in [1.807, 2.05) is 29.2 Å². The van der Waals surface area contributed by atoms with E-state index in [2.05, 4.69) is 54.3 Å². The second kappa shape index (κ2) is 13.2. The molecule has 0 N–H and O–H groups in total. The van der Waals surface area contributed by atoms with Crippen LogP contribution >= 0.6 is 0 Å². The first-order valence-electron chi connectivity index (χ1n) is 13.1. The maximum atomic E-state index is 14.0. The first-order chi connectivity index (χ1) is 18.5. The molecule has 1 atom stereocenters. The van der Waals surface area contributed by atoms with Crippen molar-refractivity contribution in [1.29, 1.82) is 0 Å². The number of hydrogen-bond acceptors (Lipinski definition) is 5. The molecule has 0 aliphatic carbocycles. The third-order valence-electron chi connectivity index (χ3n) is 7.01. The molecule has 0 saturated carbocycles. The molecule has 0 unspecified atom stereocenters. The molecule has 200 valence electrons. The fraction of sp³-hybridized carbons (Fsp3) is 0.344. The molecule has 0 aromatic heterocycles. The van der Waals surface area contributed by atoms with Gasteiger partial charge in [0.2, 0.25) is 5.75 Å². The highest BCUT2D eigenvalue weighted by atomic mass is 16.5. The van der Waals surface area contributed by atoms with Crippen molar-refractivity contribution in [2.75, 3.05) is 41.0 Å². The summed E-state index contributed by atoms with van der Waals surface area (Å²) in [5.74, 6) is 1.36. The normalized spacial score (nSPS) is 15.8. The van der Waals surface area contributed by atoms with Gasteiger partial charge >= 0.3 is 0 Å². The molecule has 3 aromatic rings. The Morgan fingerprint density at radius 2 is 1.58 bits per heavy atom. The molecule has 0 radical (unpaired) electrons. The third kappa shape index (κ3) is 6.75. The first kappa shape index (κ1) is 27.3. The van der Waals surface area contributed by atoms with Crippen LogP contribution in [-0.4, -0.2) is 62.7 Å². The summed E-state index contributed by atoms with van der Waals surface area (Å²) in [4.78, 5) is 18.5. The van der Waals surface area contributed by atoms with Crippen LogP contribution in [0.25, 0.3) is 6.08 Å². The highest BCUT2D eigenvalue weighted by molar-refractivity contribution is 5.96. The predicted octanol–water partition coefficient (Wildman–Crippen LogP) is 5.92. The highest BCUT2D eigenvalue weighted by Crippen LogP contribution is 2.38. The van der Waals surface area contributed by atoms with E-state index >= 15 is 0 Å². The van der Waals surface area contributed by atoms with Gasteiger partial charge in [0.05, 0.1) is 21.3 Å². The molecular weight excluding hydrogens is 476 g/mol. The first-order valence-corrected chi connectivity index (χ1v) is 13.1. The fourth-order valence-corrected chi connectivity index (χ4v) is 5.17. The van der Waals surface area contributed by atoms with Gasteiger partial charge < -0.3 is 19.1 Å². The quantitative estimate of drug-likeness (QED) is 0.318. The maximum Gasteiger partial charge on any atom is 0.254 e. The number of carbonyl (C=O) groups is 1. The highest BCUT2D eigenvalue weighted by Gasteiger charge is 2.29. The van der Waals surface area contributed by atoms with Gasteiger partial charge in [0.15, 0.2) is 11.5 Å². The number of ether oxygens (including phenoxy) is 3. The lowest BCUT2D eigenvalue weighted by atomic mass is 10.1. The Hall–Kier alpha value is -3.77. The lowest BCUT2D eigenvalue weighted by Crippen LogP contribution is -2.43. The van der Waals surface area contributed by atoms with Crippen molar-refractivity contribution in [3.05, 3.63) is 95.1 Å². The molecule has 1 amide bonds. The Balaban J connectivity index is 1.62. The van der Waals surface area contributed by atoms with Gasteiger partial charge in [-0.1, -0.05) is 72.3 Å². The molecule has 1 aliphatic rings.